The second kappa shape index (κ2) is 12.1. The summed E-state index contributed by atoms with van der Waals surface area (Å²) in [6.45, 7) is 4.70. The molecule has 2 aromatic carbocycles. The smallest absolute Gasteiger partial charge is 0.0162 e. The molecule has 0 nitrogen and oxygen atoms in total. The quantitative estimate of drug-likeness (QED) is 0.371. The van der Waals surface area contributed by atoms with Crippen LogP contribution in [0.4, 0.5) is 0 Å². The molecule has 0 spiro atoms. The minimum Gasteiger partial charge on any atom is -0.0651 e. The first-order valence-corrected chi connectivity index (χ1v) is 13.8. The third-order valence-electron chi connectivity index (χ3n) is 8.84. The standard InChI is InChI=1S/C32H46/c1-3-7-26-16-20-31(21-17-26)32-22-18-28(19-23-32)11-10-27-12-14-29(15-13-27)24-25(2)30-8-5-4-6-9-30/h4-6,8-9,16-17,20-21,25,27-29,32H,3,7,10-15,18-19,22-24H2,1-2H3/t25-,27?,28?,29?,32?/m0/s1. The Morgan fingerprint density at radius 3 is 1.84 bits per heavy atom. The topological polar surface area (TPSA) is 0 Å². The van der Waals surface area contributed by atoms with Gasteiger partial charge in [0.05, 0.1) is 0 Å². The van der Waals surface area contributed by atoms with Crippen molar-refractivity contribution in [2.24, 2.45) is 17.8 Å². The lowest BCUT2D eigenvalue weighted by atomic mass is 9.73. The van der Waals surface area contributed by atoms with E-state index in [4.69, 9.17) is 0 Å². The van der Waals surface area contributed by atoms with Gasteiger partial charge in [-0.1, -0.05) is 113 Å². The fourth-order valence-corrected chi connectivity index (χ4v) is 6.67. The van der Waals surface area contributed by atoms with E-state index in [0.29, 0.717) is 0 Å². The van der Waals surface area contributed by atoms with Crippen LogP contribution in [0.5, 0.6) is 0 Å². The summed E-state index contributed by atoms with van der Waals surface area (Å²) in [5, 5.41) is 0. The van der Waals surface area contributed by atoms with Gasteiger partial charge in [-0.2, -0.15) is 0 Å². The predicted molar refractivity (Wildman–Crippen MR) is 139 cm³/mol. The van der Waals surface area contributed by atoms with Gasteiger partial charge in [0.1, 0.15) is 0 Å². The molecule has 0 amide bonds. The molecule has 0 heteroatoms. The average Bonchev–Trinajstić information content (AvgIpc) is 2.85. The highest BCUT2D eigenvalue weighted by Crippen LogP contribution is 2.41. The molecule has 1 atom stereocenters. The molecule has 2 aliphatic carbocycles. The van der Waals surface area contributed by atoms with Gasteiger partial charge in [0.15, 0.2) is 0 Å². The first-order valence-electron chi connectivity index (χ1n) is 13.8. The SMILES string of the molecule is CCCc1ccc(C2CCC(CCC3CCC(C[C@H](C)c4ccccc4)CC3)CC2)cc1. The first kappa shape index (κ1) is 23.6. The van der Waals surface area contributed by atoms with Gasteiger partial charge in [-0.15, -0.1) is 0 Å². The molecule has 0 aromatic heterocycles. The van der Waals surface area contributed by atoms with Gasteiger partial charge >= 0.3 is 0 Å². The van der Waals surface area contributed by atoms with E-state index >= 15 is 0 Å². The normalized spacial score (nSPS) is 27.2. The van der Waals surface area contributed by atoms with Gasteiger partial charge in [0, 0.05) is 0 Å². The predicted octanol–water partition coefficient (Wildman–Crippen LogP) is 9.69. The lowest BCUT2D eigenvalue weighted by Gasteiger charge is -2.33. The Labute approximate surface area is 198 Å². The summed E-state index contributed by atoms with van der Waals surface area (Å²) in [5.41, 5.74) is 4.64. The van der Waals surface area contributed by atoms with E-state index in [2.05, 4.69) is 68.4 Å². The molecule has 0 heterocycles. The van der Waals surface area contributed by atoms with Crippen LogP contribution in [0.3, 0.4) is 0 Å². The van der Waals surface area contributed by atoms with E-state index in [1.165, 1.54) is 94.6 Å². The third kappa shape index (κ3) is 6.72. The molecule has 0 saturated heterocycles. The summed E-state index contributed by atoms with van der Waals surface area (Å²) in [5.74, 6) is 4.52. The van der Waals surface area contributed by atoms with Crippen molar-refractivity contribution in [3.63, 3.8) is 0 Å². The Morgan fingerprint density at radius 2 is 1.25 bits per heavy atom. The first-order chi connectivity index (χ1) is 15.7. The maximum absolute atomic E-state index is 2.43. The Kier molecular flexibility index (Phi) is 8.89. The highest BCUT2D eigenvalue weighted by Gasteiger charge is 2.26. The number of hydrogen-bond acceptors (Lipinski definition) is 0. The maximum Gasteiger partial charge on any atom is -0.0162 e. The maximum atomic E-state index is 2.43. The van der Waals surface area contributed by atoms with E-state index in [1.807, 2.05) is 0 Å². The van der Waals surface area contributed by atoms with Crippen molar-refractivity contribution in [1.82, 2.24) is 0 Å². The van der Waals surface area contributed by atoms with E-state index < -0.39 is 0 Å². The molecule has 0 N–H and O–H groups in total. The highest BCUT2D eigenvalue weighted by molar-refractivity contribution is 5.26. The zero-order valence-electron chi connectivity index (χ0n) is 20.8. The molecule has 0 unspecified atom stereocenters. The van der Waals surface area contributed by atoms with Crippen molar-refractivity contribution >= 4 is 0 Å². The molecule has 0 aliphatic heterocycles. The van der Waals surface area contributed by atoms with Crippen LogP contribution in [0.25, 0.3) is 0 Å². The number of benzene rings is 2. The fraction of sp³-hybridized carbons (Fsp3) is 0.625. The molecule has 4 rings (SSSR count). The van der Waals surface area contributed by atoms with E-state index in [1.54, 1.807) is 5.56 Å². The van der Waals surface area contributed by atoms with Crippen LogP contribution in [0.1, 0.15) is 119 Å². The van der Waals surface area contributed by atoms with E-state index in [0.717, 1.165) is 29.6 Å². The van der Waals surface area contributed by atoms with Crippen LogP contribution >= 0.6 is 0 Å². The van der Waals surface area contributed by atoms with Crippen molar-refractivity contribution in [2.75, 3.05) is 0 Å². The number of rotatable bonds is 9. The Morgan fingerprint density at radius 1 is 0.688 bits per heavy atom. The third-order valence-corrected chi connectivity index (χ3v) is 8.84. The summed E-state index contributed by atoms with van der Waals surface area (Å²) in [6.07, 6.45) is 18.6. The van der Waals surface area contributed by atoms with Gasteiger partial charge < -0.3 is 0 Å². The van der Waals surface area contributed by atoms with Gasteiger partial charge in [-0.25, -0.2) is 0 Å². The summed E-state index contributed by atoms with van der Waals surface area (Å²) < 4.78 is 0. The van der Waals surface area contributed by atoms with Crippen molar-refractivity contribution in [2.45, 2.75) is 109 Å². The van der Waals surface area contributed by atoms with Gasteiger partial charge in [0.25, 0.3) is 0 Å². The summed E-state index contributed by atoms with van der Waals surface area (Å²) in [4.78, 5) is 0. The largest absolute Gasteiger partial charge is 0.0651 e. The number of aryl methyl sites for hydroxylation is 1. The molecule has 2 saturated carbocycles. The minimum atomic E-state index is 0.718. The molecule has 2 fully saturated rings. The van der Waals surface area contributed by atoms with Gasteiger partial charge in [-0.05, 0) is 84.8 Å². The average molecular weight is 431 g/mol. The van der Waals surface area contributed by atoms with E-state index in [9.17, 15) is 0 Å². The van der Waals surface area contributed by atoms with Crippen molar-refractivity contribution in [1.29, 1.82) is 0 Å². The summed E-state index contributed by atoms with van der Waals surface area (Å²) in [7, 11) is 0. The van der Waals surface area contributed by atoms with Crippen LogP contribution in [-0.2, 0) is 6.42 Å². The second-order valence-electron chi connectivity index (χ2n) is 11.2. The molecule has 32 heavy (non-hydrogen) atoms. The Bertz CT molecular complexity index is 757. The zero-order valence-corrected chi connectivity index (χ0v) is 20.8. The van der Waals surface area contributed by atoms with Crippen molar-refractivity contribution < 1.29 is 0 Å². The Balaban J connectivity index is 1.12. The van der Waals surface area contributed by atoms with Crippen LogP contribution in [0.15, 0.2) is 54.6 Å². The minimum absolute atomic E-state index is 0.718. The molecule has 2 aromatic rings. The fourth-order valence-electron chi connectivity index (χ4n) is 6.67. The second-order valence-corrected chi connectivity index (χ2v) is 11.2. The summed E-state index contributed by atoms with van der Waals surface area (Å²) in [6, 6.07) is 20.8. The van der Waals surface area contributed by atoms with Crippen LogP contribution < -0.4 is 0 Å². The number of hydrogen-bond donors (Lipinski definition) is 0. The van der Waals surface area contributed by atoms with E-state index in [-0.39, 0.29) is 0 Å². The van der Waals surface area contributed by atoms with Crippen molar-refractivity contribution in [3.05, 3.63) is 71.3 Å². The van der Waals surface area contributed by atoms with Gasteiger partial charge in [-0.3, -0.25) is 0 Å². The zero-order chi connectivity index (χ0) is 22.2. The molecular formula is C32H46. The van der Waals surface area contributed by atoms with Crippen LogP contribution in [0, 0.1) is 17.8 Å². The van der Waals surface area contributed by atoms with Gasteiger partial charge in [0.2, 0.25) is 0 Å². The lowest BCUT2D eigenvalue weighted by Crippen LogP contribution is -2.18. The summed E-state index contributed by atoms with van der Waals surface area (Å²) >= 11 is 0. The molecular weight excluding hydrogens is 384 g/mol. The molecule has 0 radical (unpaired) electrons. The highest BCUT2D eigenvalue weighted by atomic mass is 14.3. The molecule has 2 aliphatic rings. The van der Waals surface area contributed by atoms with Crippen LogP contribution in [-0.4, -0.2) is 0 Å². The molecule has 0 bridgehead atoms. The van der Waals surface area contributed by atoms with Crippen LogP contribution in [0.2, 0.25) is 0 Å². The van der Waals surface area contributed by atoms with Crippen molar-refractivity contribution in [3.8, 4) is 0 Å². The molecule has 174 valence electrons. The Hall–Kier alpha value is -1.56. The monoisotopic (exact) mass is 430 g/mol. The lowest BCUT2D eigenvalue weighted by molar-refractivity contribution is 0.220.